The van der Waals surface area contributed by atoms with E-state index in [2.05, 4.69) is 10.2 Å². The van der Waals surface area contributed by atoms with Crippen LogP contribution in [0.25, 0.3) is 0 Å². The largest absolute Gasteiger partial charge is 0.467 e. The Morgan fingerprint density at radius 3 is 2.62 bits per heavy atom. The van der Waals surface area contributed by atoms with E-state index in [0.717, 1.165) is 37.5 Å². The average molecular weight is 331 g/mol. The summed E-state index contributed by atoms with van der Waals surface area (Å²) in [6.45, 7) is 3.61. The van der Waals surface area contributed by atoms with Crippen molar-refractivity contribution < 1.29 is 8.81 Å². The highest BCUT2D eigenvalue weighted by atomic mass is 35.5. The Hall–Kier alpha value is -1.07. The fourth-order valence-electron chi connectivity index (χ4n) is 2.68. The lowest BCUT2D eigenvalue weighted by Crippen LogP contribution is -2.45. The third kappa shape index (κ3) is 3.77. The molecule has 0 bridgehead atoms. The van der Waals surface area contributed by atoms with Crippen LogP contribution in [-0.4, -0.2) is 31.1 Å². The zero-order valence-electron chi connectivity index (χ0n) is 11.4. The molecule has 1 saturated heterocycles. The Labute approximate surface area is 134 Å². The SMILES string of the molecule is Cl.Fc1cc(Cl)cc([C@@H](c2ccco2)N2CCNCC2)c1. The van der Waals surface area contributed by atoms with Crippen LogP contribution in [0.1, 0.15) is 17.4 Å². The lowest BCUT2D eigenvalue weighted by molar-refractivity contribution is 0.180. The summed E-state index contributed by atoms with van der Waals surface area (Å²) in [6, 6.07) is 8.33. The van der Waals surface area contributed by atoms with Crippen LogP contribution in [0.15, 0.2) is 41.0 Å². The zero-order chi connectivity index (χ0) is 13.9. The van der Waals surface area contributed by atoms with Crippen molar-refractivity contribution in [3.05, 3.63) is 58.8 Å². The van der Waals surface area contributed by atoms with E-state index in [0.29, 0.717) is 5.02 Å². The van der Waals surface area contributed by atoms with Gasteiger partial charge < -0.3 is 9.73 Å². The van der Waals surface area contributed by atoms with Crippen LogP contribution in [0.4, 0.5) is 4.39 Å². The van der Waals surface area contributed by atoms with E-state index >= 15 is 0 Å². The molecule has 2 aromatic rings. The first-order valence-corrected chi connectivity index (χ1v) is 7.06. The number of piperazine rings is 1. The van der Waals surface area contributed by atoms with Gasteiger partial charge in [0.2, 0.25) is 0 Å². The van der Waals surface area contributed by atoms with Gasteiger partial charge in [-0.15, -0.1) is 12.4 Å². The second kappa shape index (κ2) is 7.27. The van der Waals surface area contributed by atoms with Gasteiger partial charge in [-0.25, -0.2) is 4.39 Å². The molecule has 0 radical (unpaired) electrons. The molecule has 1 fully saturated rings. The fraction of sp³-hybridized carbons (Fsp3) is 0.333. The quantitative estimate of drug-likeness (QED) is 0.933. The summed E-state index contributed by atoms with van der Waals surface area (Å²) in [5.74, 6) is 0.493. The highest BCUT2D eigenvalue weighted by Crippen LogP contribution is 2.31. The Kier molecular flexibility index (Phi) is 5.65. The van der Waals surface area contributed by atoms with Crippen LogP contribution in [0.2, 0.25) is 5.02 Å². The van der Waals surface area contributed by atoms with Crippen molar-refractivity contribution >= 4 is 24.0 Å². The Balaban J connectivity index is 0.00000161. The van der Waals surface area contributed by atoms with Crippen molar-refractivity contribution in [2.24, 2.45) is 0 Å². The Bertz CT molecular complexity index is 551. The standard InChI is InChI=1S/C15H16ClFN2O.ClH/c16-12-8-11(9-13(17)10-12)15(14-2-1-7-20-14)19-5-3-18-4-6-19;/h1-2,7-10,15,18H,3-6H2;1H/t15-;/m0./s1. The van der Waals surface area contributed by atoms with E-state index < -0.39 is 0 Å². The van der Waals surface area contributed by atoms with E-state index in [1.807, 2.05) is 12.1 Å². The van der Waals surface area contributed by atoms with Crippen LogP contribution in [0, 0.1) is 5.82 Å². The van der Waals surface area contributed by atoms with Crippen molar-refractivity contribution in [2.75, 3.05) is 26.2 Å². The van der Waals surface area contributed by atoms with Crippen LogP contribution < -0.4 is 5.32 Å². The van der Waals surface area contributed by atoms with Gasteiger partial charge in [-0.05, 0) is 35.9 Å². The molecule has 1 aromatic heterocycles. The molecule has 0 aliphatic carbocycles. The molecule has 1 N–H and O–H groups in total. The number of furan rings is 1. The van der Waals surface area contributed by atoms with Gasteiger partial charge in [0.1, 0.15) is 11.6 Å². The average Bonchev–Trinajstić information content (AvgIpc) is 2.93. The van der Waals surface area contributed by atoms with Crippen LogP contribution in [0.5, 0.6) is 0 Å². The summed E-state index contributed by atoms with van der Waals surface area (Å²) in [4.78, 5) is 2.28. The van der Waals surface area contributed by atoms with Gasteiger partial charge in [-0.2, -0.15) is 0 Å². The third-order valence-electron chi connectivity index (χ3n) is 3.53. The molecule has 0 unspecified atom stereocenters. The van der Waals surface area contributed by atoms with Crippen molar-refractivity contribution in [1.29, 1.82) is 0 Å². The summed E-state index contributed by atoms with van der Waals surface area (Å²) in [5, 5.41) is 3.73. The number of hydrogen-bond donors (Lipinski definition) is 1. The van der Waals surface area contributed by atoms with Gasteiger partial charge in [-0.3, -0.25) is 4.90 Å². The maximum absolute atomic E-state index is 13.7. The normalized spacial score (nSPS) is 17.2. The molecule has 3 nitrogen and oxygen atoms in total. The first-order valence-electron chi connectivity index (χ1n) is 6.68. The smallest absolute Gasteiger partial charge is 0.125 e. The molecule has 1 aliphatic heterocycles. The molecular formula is C15H17Cl2FN2O. The lowest BCUT2D eigenvalue weighted by Gasteiger charge is -2.34. The van der Waals surface area contributed by atoms with Gasteiger partial charge >= 0.3 is 0 Å². The summed E-state index contributed by atoms with van der Waals surface area (Å²) in [5.41, 5.74) is 0.826. The van der Waals surface area contributed by atoms with Gasteiger partial charge in [0.05, 0.1) is 12.3 Å². The number of rotatable bonds is 3. The Morgan fingerprint density at radius 2 is 2.00 bits per heavy atom. The topological polar surface area (TPSA) is 28.4 Å². The molecule has 114 valence electrons. The van der Waals surface area contributed by atoms with Gasteiger partial charge in [-0.1, -0.05) is 11.6 Å². The number of halogens is 3. The minimum absolute atomic E-state index is 0. The van der Waals surface area contributed by atoms with Gasteiger partial charge in [0.15, 0.2) is 0 Å². The van der Waals surface area contributed by atoms with Crippen LogP contribution in [0.3, 0.4) is 0 Å². The lowest BCUT2D eigenvalue weighted by atomic mass is 10.0. The van der Waals surface area contributed by atoms with E-state index in [9.17, 15) is 4.39 Å². The number of benzene rings is 1. The van der Waals surface area contributed by atoms with E-state index in [1.54, 1.807) is 12.3 Å². The highest BCUT2D eigenvalue weighted by Gasteiger charge is 2.26. The first kappa shape index (κ1) is 16.3. The molecule has 0 saturated carbocycles. The molecule has 2 heterocycles. The highest BCUT2D eigenvalue weighted by molar-refractivity contribution is 6.30. The predicted molar refractivity (Wildman–Crippen MR) is 83.7 cm³/mol. The fourth-order valence-corrected chi connectivity index (χ4v) is 2.91. The minimum atomic E-state index is -0.320. The van der Waals surface area contributed by atoms with Crippen LogP contribution in [-0.2, 0) is 0 Å². The van der Waals surface area contributed by atoms with Crippen molar-refractivity contribution in [3.8, 4) is 0 Å². The number of nitrogens with one attached hydrogen (secondary N) is 1. The molecule has 1 aliphatic rings. The van der Waals surface area contributed by atoms with Gasteiger partial charge in [0.25, 0.3) is 0 Å². The number of hydrogen-bond acceptors (Lipinski definition) is 3. The molecule has 1 aromatic carbocycles. The molecule has 0 spiro atoms. The zero-order valence-corrected chi connectivity index (χ0v) is 13.0. The molecule has 3 rings (SSSR count). The van der Waals surface area contributed by atoms with E-state index in [1.165, 1.54) is 12.1 Å². The monoisotopic (exact) mass is 330 g/mol. The summed E-state index contributed by atoms with van der Waals surface area (Å²) < 4.78 is 19.2. The van der Waals surface area contributed by atoms with Crippen molar-refractivity contribution in [1.82, 2.24) is 10.2 Å². The second-order valence-corrected chi connectivity index (χ2v) is 5.34. The van der Waals surface area contributed by atoms with E-state index in [4.69, 9.17) is 16.0 Å². The van der Waals surface area contributed by atoms with Crippen molar-refractivity contribution in [2.45, 2.75) is 6.04 Å². The molecule has 1 atom stereocenters. The maximum Gasteiger partial charge on any atom is 0.125 e. The molecule has 6 heteroatoms. The first-order chi connectivity index (χ1) is 9.74. The molecule has 21 heavy (non-hydrogen) atoms. The number of nitrogens with zero attached hydrogens (tertiary/aromatic N) is 1. The van der Waals surface area contributed by atoms with E-state index in [-0.39, 0.29) is 24.3 Å². The summed E-state index contributed by atoms with van der Waals surface area (Å²) >= 11 is 5.99. The van der Waals surface area contributed by atoms with Crippen molar-refractivity contribution in [3.63, 3.8) is 0 Å². The second-order valence-electron chi connectivity index (χ2n) is 4.91. The molecule has 0 amide bonds. The Morgan fingerprint density at radius 1 is 1.24 bits per heavy atom. The summed E-state index contributed by atoms with van der Waals surface area (Å²) in [6.07, 6.45) is 1.64. The molecular weight excluding hydrogens is 314 g/mol. The third-order valence-corrected chi connectivity index (χ3v) is 3.75. The van der Waals surface area contributed by atoms with Crippen LogP contribution >= 0.6 is 24.0 Å². The predicted octanol–water partition coefficient (Wildman–Crippen LogP) is 3.49. The van der Waals surface area contributed by atoms with Gasteiger partial charge in [0, 0.05) is 31.2 Å². The summed E-state index contributed by atoms with van der Waals surface area (Å²) in [7, 11) is 0. The maximum atomic E-state index is 13.7. The minimum Gasteiger partial charge on any atom is -0.467 e.